The topological polar surface area (TPSA) is 78.5 Å². The first kappa shape index (κ1) is 16.4. The fourth-order valence-electron chi connectivity index (χ4n) is 2.96. The van der Waals surface area contributed by atoms with Gasteiger partial charge in [0.15, 0.2) is 11.6 Å². The Labute approximate surface area is 137 Å². The molecule has 3 rings (SSSR count). The number of hydrogen-bond acceptors (Lipinski definition) is 5. The second-order valence-corrected chi connectivity index (χ2v) is 5.96. The van der Waals surface area contributed by atoms with Gasteiger partial charge in [-0.1, -0.05) is 0 Å². The lowest BCUT2D eigenvalue weighted by Crippen LogP contribution is -2.47. The molecule has 0 bridgehead atoms. The third kappa shape index (κ3) is 3.37. The van der Waals surface area contributed by atoms with Gasteiger partial charge in [0.1, 0.15) is 17.5 Å². The van der Waals surface area contributed by atoms with Crippen molar-refractivity contribution >= 4 is 29.0 Å². The lowest BCUT2D eigenvalue weighted by atomic mass is 10.1. The van der Waals surface area contributed by atoms with E-state index in [1.54, 1.807) is 0 Å². The van der Waals surface area contributed by atoms with Gasteiger partial charge in [-0.3, -0.25) is 19.7 Å². The molecule has 0 spiro atoms. The summed E-state index contributed by atoms with van der Waals surface area (Å²) in [6.07, 6.45) is 0.989. The number of halogens is 2. The van der Waals surface area contributed by atoms with E-state index in [1.807, 2.05) is 0 Å². The molecule has 2 aliphatic heterocycles. The number of amides is 2. The van der Waals surface area contributed by atoms with Crippen LogP contribution in [-0.4, -0.2) is 36.7 Å². The first-order valence-electron chi connectivity index (χ1n) is 7.80. The van der Waals surface area contributed by atoms with Crippen molar-refractivity contribution in [3.8, 4) is 0 Å². The molecule has 2 aliphatic rings. The van der Waals surface area contributed by atoms with Gasteiger partial charge in [0.25, 0.3) is 0 Å². The van der Waals surface area contributed by atoms with Gasteiger partial charge in [-0.15, -0.1) is 0 Å². The number of Topliss-reactive ketones (excluding diaryl/α,β-unsaturated/α-hetero) is 1. The highest BCUT2D eigenvalue weighted by molar-refractivity contribution is 6.01. The van der Waals surface area contributed by atoms with E-state index in [2.05, 4.69) is 10.6 Å². The van der Waals surface area contributed by atoms with Gasteiger partial charge in [0, 0.05) is 38.0 Å². The van der Waals surface area contributed by atoms with E-state index in [0.717, 1.165) is 12.1 Å². The highest BCUT2D eigenvalue weighted by Gasteiger charge is 2.28. The molecule has 1 aromatic rings. The third-order valence-corrected chi connectivity index (χ3v) is 4.23. The lowest BCUT2D eigenvalue weighted by Gasteiger charge is -2.29. The van der Waals surface area contributed by atoms with Gasteiger partial charge in [-0.2, -0.15) is 0 Å². The zero-order chi connectivity index (χ0) is 17.3. The zero-order valence-electron chi connectivity index (χ0n) is 12.9. The van der Waals surface area contributed by atoms with Crippen LogP contribution in [0.2, 0.25) is 0 Å². The van der Waals surface area contributed by atoms with Crippen LogP contribution in [0.15, 0.2) is 12.1 Å². The number of imide groups is 1. The lowest BCUT2D eigenvalue weighted by molar-refractivity contribution is -0.133. The van der Waals surface area contributed by atoms with Crippen molar-refractivity contribution in [1.82, 2.24) is 5.32 Å². The van der Waals surface area contributed by atoms with E-state index in [0.29, 0.717) is 0 Å². The number of rotatable bonds is 3. The quantitative estimate of drug-likeness (QED) is 0.814. The Kier molecular flexibility index (Phi) is 4.46. The average molecular weight is 337 g/mol. The smallest absolute Gasteiger partial charge is 0.249 e. The van der Waals surface area contributed by atoms with Gasteiger partial charge in [0.2, 0.25) is 11.8 Å². The number of nitrogens with one attached hydrogen (secondary N) is 2. The summed E-state index contributed by atoms with van der Waals surface area (Å²) in [4.78, 5) is 35.6. The first-order chi connectivity index (χ1) is 11.4. The molecule has 1 unspecified atom stereocenters. The maximum atomic E-state index is 14.3. The van der Waals surface area contributed by atoms with Crippen molar-refractivity contribution in [3.05, 3.63) is 23.8 Å². The summed E-state index contributed by atoms with van der Waals surface area (Å²) in [6, 6.07) is 1.54. The molecular weight excluding hydrogens is 320 g/mol. The first-order valence-corrected chi connectivity index (χ1v) is 7.80. The maximum Gasteiger partial charge on any atom is 0.249 e. The molecule has 2 N–H and O–H groups in total. The summed E-state index contributed by atoms with van der Waals surface area (Å²) in [5.41, 5.74) is -0.0207. The number of carbonyl (C=O) groups is 3. The molecule has 24 heavy (non-hydrogen) atoms. The number of piperidine rings is 2. The standard InChI is InChI=1S/C16H17F2N3O3/c17-11-7-9(19-13-1-2-14(23)20-16(13)24)8-12(18)15(11)21-5-3-10(22)4-6-21/h7-8,13,19H,1-6H2,(H,20,23,24). The van der Waals surface area contributed by atoms with Crippen molar-refractivity contribution in [1.29, 1.82) is 0 Å². The summed E-state index contributed by atoms with van der Waals surface area (Å²) in [6.45, 7) is 0.569. The maximum absolute atomic E-state index is 14.3. The van der Waals surface area contributed by atoms with E-state index in [1.165, 1.54) is 4.90 Å². The minimum atomic E-state index is -0.751. The molecule has 2 saturated heterocycles. The summed E-state index contributed by atoms with van der Waals surface area (Å²) in [5.74, 6) is -2.28. The number of anilines is 2. The second kappa shape index (κ2) is 6.54. The molecule has 2 amide bonds. The van der Waals surface area contributed by atoms with Crippen LogP contribution in [0.3, 0.4) is 0 Å². The van der Waals surface area contributed by atoms with Crippen LogP contribution in [0.5, 0.6) is 0 Å². The minimum absolute atomic E-state index is 0.0863. The Bertz CT molecular complexity index is 675. The summed E-state index contributed by atoms with van der Waals surface area (Å²) in [5, 5.41) is 4.93. The molecule has 0 saturated carbocycles. The van der Waals surface area contributed by atoms with Gasteiger partial charge < -0.3 is 10.2 Å². The van der Waals surface area contributed by atoms with E-state index < -0.39 is 23.6 Å². The van der Waals surface area contributed by atoms with Crippen molar-refractivity contribution < 1.29 is 23.2 Å². The van der Waals surface area contributed by atoms with E-state index in [-0.39, 0.29) is 61.8 Å². The van der Waals surface area contributed by atoms with Crippen LogP contribution < -0.4 is 15.5 Å². The summed E-state index contributed by atoms with van der Waals surface area (Å²) < 4.78 is 28.7. The highest BCUT2D eigenvalue weighted by atomic mass is 19.1. The Morgan fingerprint density at radius 1 is 1.04 bits per heavy atom. The van der Waals surface area contributed by atoms with Crippen LogP contribution in [0.1, 0.15) is 25.7 Å². The minimum Gasteiger partial charge on any atom is -0.373 e. The van der Waals surface area contributed by atoms with Crippen LogP contribution in [-0.2, 0) is 14.4 Å². The summed E-state index contributed by atoms with van der Waals surface area (Å²) in [7, 11) is 0. The van der Waals surface area contributed by atoms with E-state index >= 15 is 0 Å². The Balaban J connectivity index is 1.76. The largest absolute Gasteiger partial charge is 0.373 e. The molecule has 6 nitrogen and oxygen atoms in total. The Morgan fingerprint density at radius 2 is 1.67 bits per heavy atom. The fourth-order valence-corrected chi connectivity index (χ4v) is 2.96. The molecule has 2 heterocycles. The summed E-state index contributed by atoms with van der Waals surface area (Å²) >= 11 is 0. The predicted octanol–water partition coefficient (Wildman–Crippen LogP) is 1.35. The van der Waals surface area contributed by atoms with Gasteiger partial charge in [-0.25, -0.2) is 8.78 Å². The van der Waals surface area contributed by atoms with Crippen LogP contribution >= 0.6 is 0 Å². The number of ketones is 1. The Hall–Kier alpha value is -2.51. The van der Waals surface area contributed by atoms with E-state index in [9.17, 15) is 23.2 Å². The molecule has 0 radical (unpaired) electrons. The van der Waals surface area contributed by atoms with Gasteiger partial charge in [-0.05, 0) is 18.6 Å². The predicted molar refractivity (Wildman–Crippen MR) is 82.6 cm³/mol. The molecule has 2 fully saturated rings. The molecule has 1 aromatic carbocycles. The fraction of sp³-hybridized carbons (Fsp3) is 0.438. The monoisotopic (exact) mass is 337 g/mol. The third-order valence-electron chi connectivity index (χ3n) is 4.23. The zero-order valence-corrected chi connectivity index (χ0v) is 12.9. The van der Waals surface area contributed by atoms with Crippen LogP contribution in [0.4, 0.5) is 20.2 Å². The molecule has 8 heteroatoms. The molecule has 128 valence electrons. The SMILES string of the molecule is O=C1CCN(c2c(F)cc(NC3CCC(=O)NC3=O)cc2F)CC1. The number of nitrogens with zero attached hydrogens (tertiary/aromatic N) is 1. The van der Waals surface area contributed by atoms with Gasteiger partial charge in [0.05, 0.1) is 0 Å². The highest BCUT2D eigenvalue weighted by Crippen LogP contribution is 2.29. The molecule has 1 atom stereocenters. The van der Waals surface area contributed by atoms with Crippen molar-refractivity contribution in [2.24, 2.45) is 0 Å². The molecular formula is C16H17F2N3O3. The van der Waals surface area contributed by atoms with E-state index in [4.69, 9.17) is 0 Å². The van der Waals surface area contributed by atoms with Crippen LogP contribution in [0.25, 0.3) is 0 Å². The van der Waals surface area contributed by atoms with Crippen molar-refractivity contribution in [2.45, 2.75) is 31.7 Å². The molecule has 0 aliphatic carbocycles. The van der Waals surface area contributed by atoms with Gasteiger partial charge >= 0.3 is 0 Å². The number of carbonyl (C=O) groups excluding carboxylic acids is 3. The normalized spacial score (nSPS) is 21.7. The number of hydrogen-bond donors (Lipinski definition) is 2. The van der Waals surface area contributed by atoms with Crippen molar-refractivity contribution in [2.75, 3.05) is 23.3 Å². The second-order valence-electron chi connectivity index (χ2n) is 5.96. The average Bonchev–Trinajstić information content (AvgIpc) is 2.51. The van der Waals surface area contributed by atoms with Crippen LogP contribution in [0, 0.1) is 11.6 Å². The molecule has 0 aromatic heterocycles. The van der Waals surface area contributed by atoms with Crippen molar-refractivity contribution in [3.63, 3.8) is 0 Å². The Morgan fingerprint density at radius 3 is 2.25 bits per heavy atom. The number of benzene rings is 1.